The van der Waals surface area contributed by atoms with E-state index in [-0.39, 0.29) is 11.4 Å². The maximum atomic E-state index is 10.9. The van der Waals surface area contributed by atoms with Gasteiger partial charge in [0.2, 0.25) is 0 Å². The van der Waals surface area contributed by atoms with Gasteiger partial charge >= 0.3 is 5.97 Å². The number of rotatable bonds is 3. The summed E-state index contributed by atoms with van der Waals surface area (Å²) >= 11 is 0. The number of esters is 1. The molecule has 1 saturated carbocycles. The van der Waals surface area contributed by atoms with E-state index < -0.39 is 0 Å². The van der Waals surface area contributed by atoms with Crippen LogP contribution in [0.3, 0.4) is 0 Å². The number of hydrogen-bond donors (Lipinski definition) is 1. The minimum Gasteiger partial charge on any atom is -0.469 e. The van der Waals surface area contributed by atoms with Crippen LogP contribution >= 0.6 is 0 Å². The maximum absolute atomic E-state index is 10.9. The molecule has 1 rings (SSSR count). The Labute approximate surface area is 79.6 Å². The Morgan fingerprint density at radius 3 is 2.62 bits per heavy atom. The minimum absolute atomic E-state index is 0.115. The lowest BCUT2D eigenvalue weighted by Crippen LogP contribution is -2.54. The van der Waals surface area contributed by atoms with Crippen molar-refractivity contribution in [2.45, 2.75) is 39.2 Å². The normalized spacial score (nSPS) is 30.8. The highest BCUT2D eigenvalue weighted by atomic mass is 16.5. The second-order valence-electron chi connectivity index (χ2n) is 4.48. The molecule has 0 unspecified atom stereocenters. The Bertz CT molecular complexity index is 201. The highest BCUT2D eigenvalue weighted by Crippen LogP contribution is 2.47. The maximum Gasteiger partial charge on any atom is 0.305 e. The summed E-state index contributed by atoms with van der Waals surface area (Å²) in [6.45, 7) is 4.34. The molecule has 0 heterocycles. The molecule has 3 heteroatoms. The molecule has 0 aromatic carbocycles. The fourth-order valence-electron chi connectivity index (χ4n) is 1.94. The molecule has 3 nitrogen and oxygen atoms in total. The molecule has 0 radical (unpaired) electrons. The van der Waals surface area contributed by atoms with E-state index in [4.69, 9.17) is 5.73 Å². The van der Waals surface area contributed by atoms with Crippen molar-refractivity contribution in [3.05, 3.63) is 0 Å². The average molecular weight is 185 g/mol. The standard InChI is InChI=1S/C10H19NO2/c1-10(2)7(6-8(10)11)4-5-9(12)13-3/h7-8H,4-6,11H2,1-3H3/t7-,8+/m0/s1. The van der Waals surface area contributed by atoms with E-state index in [0.717, 1.165) is 12.8 Å². The third-order valence-corrected chi connectivity index (χ3v) is 3.47. The molecule has 0 bridgehead atoms. The summed E-state index contributed by atoms with van der Waals surface area (Å²) in [6, 6.07) is 0.301. The highest BCUT2D eigenvalue weighted by molar-refractivity contribution is 5.69. The van der Waals surface area contributed by atoms with Gasteiger partial charge in [-0.15, -0.1) is 0 Å². The minimum atomic E-state index is -0.115. The van der Waals surface area contributed by atoms with E-state index in [1.165, 1.54) is 7.11 Å². The van der Waals surface area contributed by atoms with E-state index >= 15 is 0 Å². The van der Waals surface area contributed by atoms with Crippen molar-refractivity contribution in [2.24, 2.45) is 17.1 Å². The summed E-state index contributed by atoms with van der Waals surface area (Å²) in [7, 11) is 1.43. The fraction of sp³-hybridized carbons (Fsp3) is 0.900. The van der Waals surface area contributed by atoms with Crippen LogP contribution in [0.15, 0.2) is 0 Å². The van der Waals surface area contributed by atoms with Gasteiger partial charge in [-0.1, -0.05) is 13.8 Å². The first kappa shape index (κ1) is 10.5. The summed E-state index contributed by atoms with van der Waals surface area (Å²) in [6.07, 6.45) is 2.48. The molecular weight excluding hydrogens is 166 g/mol. The smallest absolute Gasteiger partial charge is 0.305 e. The molecule has 76 valence electrons. The molecule has 0 aromatic rings. The summed E-state index contributed by atoms with van der Waals surface area (Å²) in [5, 5.41) is 0. The third-order valence-electron chi connectivity index (χ3n) is 3.47. The van der Waals surface area contributed by atoms with Gasteiger partial charge in [0, 0.05) is 12.5 Å². The number of carbonyl (C=O) groups excluding carboxylic acids is 1. The topological polar surface area (TPSA) is 52.3 Å². The van der Waals surface area contributed by atoms with Gasteiger partial charge in [0.1, 0.15) is 0 Å². The number of methoxy groups -OCH3 is 1. The van der Waals surface area contributed by atoms with Crippen LogP contribution in [-0.2, 0) is 9.53 Å². The quantitative estimate of drug-likeness (QED) is 0.674. The van der Waals surface area contributed by atoms with Gasteiger partial charge in [-0.2, -0.15) is 0 Å². The first-order chi connectivity index (χ1) is 5.98. The monoisotopic (exact) mass is 185 g/mol. The molecule has 0 aromatic heterocycles. The van der Waals surface area contributed by atoms with Crippen LogP contribution in [0.2, 0.25) is 0 Å². The Morgan fingerprint density at radius 2 is 2.23 bits per heavy atom. The van der Waals surface area contributed by atoms with Gasteiger partial charge in [-0.25, -0.2) is 0 Å². The lowest BCUT2D eigenvalue weighted by atomic mass is 9.57. The molecule has 13 heavy (non-hydrogen) atoms. The van der Waals surface area contributed by atoms with Crippen LogP contribution in [0.5, 0.6) is 0 Å². The summed E-state index contributed by atoms with van der Waals surface area (Å²) in [4.78, 5) is 10.9. The van der Waals surface area contributed by atoms with Crippen molar-refractivity contribution >= 4 is 5.97 Å². The summed E-state index contributed by atoms with van der Waals surface area (Å²) in [5.74, 6) is 0.470. The zero-order chi connectivity index (χ0) is 10.1. The lowest BCUT2D eigenvalue weighted by molar-refractivity contribution is -0.141. The highest BCUT2D eigenvalue weighted by Gasteiger charge is 2.45. The van der Waals surface area contributed by atoms with E-state index in [0.29, 0.717) is 18.4 Å². The number of ether oxygens (including phenoxy) is 1. The van der Waals surface area contributed by atoms with E-state index in [2.05, 4.69) is 18.6 Å². The Hall–Kier alpha value is -0.570. The molecule has 2 atom stereocenters. The number of carbonyl (C=O) groups is 1. The van der Waals surface area contributed by atoms with Crippen molar-refractivity contribution in [1.29, 1.82) is 0 Å². The van der Waals surface area contributed by atoms with Crippen LogP contribution in [0.1, 0.15) is 33.1 Å². The number of nitrogens with two attached hydrogens (primary N) is 1. The van der Waals surface area contributed by atoms with Crippen molar-refractivity contribution in [3.63, 3.8) is 0 Å². The van der Waals surface area contributed by atoms with Gasteiger partial charge in [-0.05, 0) is 24.2 Å². The molecule has 0 aliphatic heterocycles. The molecule has 1 fully saturated rings. The predicted molar refractivity (Wildman–Crippen MR) is 51.1 cm³/mol. The van der Waals surface area contributed by atoms with E-state index in [9.17, 15) is 4.79 Å². The Morgan fingerprint density at radius 1 is 1.62 bits per heavy atom. The van der Waals surface area contributed by atoms with E-state index in [1.807, 2.05) is 0 Å². The first-order valence-electron chi connectivity index (χ1n) is 4.81. The molecule has 0 spiro atoms. The van der Waals surface area contributed by atoms with Crippen LogP contribution in [-0.4, -0.2) is 19.1 Å². The molecule has 0 saturated heterocycles. The van der Waals surface area contributed by atoms with E-state index in [1.54, 1.807) is 0 Å². The van der Waals surface area contributed by atoms with Gasteiger partial charge in [-0.3, -0.25) is 4.79 Å². The fourth-order valence-corrected chi connectivity index (χ4v) is 1.94. The van der Waals surface area contributed by atoms with Gasteiger partial charge in [0.25, 0.3) is 0 Å². The second-order valence-corrected chi connectivity index (χ2v) is 4.48. The first-order valence-corrected chi connectivity index (χ1v) is 4.81. The Kier molecular flexibility index (Phi) is 2.96. The van der Waals surface area contributed by atoms with Crippen molar-refractivity contribution in [2.75, 3.05) is 7.11 Å². The molecule has 2 N–H and O–H groups in total. The molecular formula is C10H19NO2. The van der Waals surface area contributed by atoms with Crippen molar-refractivity contribution in [1.82, 2.24) is 0 Å². The van der Waals surface area contributed by atoms with Crippen LogP contribution in [0.25, 0.3) is 0 Å². The largest absolute Gasteiger partial charge is 0.469 e. The second kappa shape index (κ2) is 3.66. The summed E-state index contributed by atoms with van der Waals surface area (Å²) < 4.78 is 4.59. The molecule has 0 amide bonds. The van der Waals surface area contributed by atoms with Crippen molar-refractivity contribution < 1.29 is 9.53 Å². The zero-order valence-corrected chi connectivity index (χ0v) is 8.67. The van der Waals surface area contributed by atoms with Crippen molar-refractivity contribution in [3.8, 4) is 0 Å². The Balaban J connectivity index is 2.29. The number of hydrogen-bond acceptors (Lipinski definition) is 3. The van der Waals surface area contributed by atoms with Crippen LogP contribution in [0.4, 0.5) is 0 Å². The van der Waals surface area contributed by atoms with Crippen LogP contribution < -0.4 is 5.73 Å². The molecule has 1 aliphatic carbocycles. The lowest BCUT2D eigenvalue weighted by Gasteiger charge is -2.50. The molecule has 1 aliphatic rings. The van der Waals surface area contributed by atoms with Gasteiger partial charge in [0.15, 0.2) is 0 Å². The predicted octanol–water partition coefficient (Wildman–Crippen LogP) is 1.31. The zero-order valence-electron chi connectivity index (χ0n) is 8.67. The average Bonchev–Trinajstić information content (AvgIpc) is 2.11. The summed E-state index contributed by atoms with van der Waals surface area (Å²) in [5.41, 5.74) is 6.07. The van der Waals surface area contributed by atoms with Gasteiger partial charge < -0.3 is 10.5 Å². The van der Waals surface area contributed by atoms with Gasteiger partial charge in [0.05, 0.1) is 7.11 Å². The van der Waals surface area contributed by atoms with Crippen LogP contribution in [0, 0.1) is 11.3 Å². The SMILES string of the molecule is COC(=O)CC[C@H]1C[C@@H](N)C1(C)C. The third kappa shape index (κ3) is 2.02.